The number of hydrogen-bond acceptors (Lipinski definition) is 3. The van der Waals surface area contributed by atoms with Crippen molar-refractivity contribution < 1.29 is 9.21 Å². The van der Waals surface area contributed by atoms with Gasteiger partial charge in [0.15, 0.2) is 0 Å². The number of nitrogens with zero attached hydrogens (tertiary/aromatic N) is 2. The topological polar surface area (TPSA) is 60.1 Å². The normalized spacial score (nSPS) is 10.7. The zero-order valence-corrected chi connectivity index (χ0v) is 14.9. The lowest BCUT2D eigenvalue weighted by molar-refractivity contribution is 0.0948. The molecule has 2 aromatic carbocycles. The summed E-state index contributed by atoms with van der Waals surface area (Å²) in [6.45, 7) is 2.35. The van der Waals surface area contributed by atoms with Crippen LogP contribution >= 0.6 is 0 Å². The van der Waals surface area contributed by atoms with E-state index in [2.05, 4.69) is 5.32 Å². The summed E-state index contributed by atoms with van der Waals surface area (Å²) in [7, 11) is 0. The van der Waals surface area contributed by atoms with Crippen LogP contribution in [-0.4, -0.2) is 15.7 Å². The van der Waals surface area contributed by atoms with Crippen LogP contribution in [0.3, 0.4) is 0 Å². The predicted molar refractivity (Wildman–Crippen MR) is 104 cm³/mol. The minimum atomic E-state index is -0.190. The molecule has 5 nitrogen and oxygen atoms in total. The van der Waals surface area contributed by atoms with Crippen molar-refractivity contribution in [2.24, 2.45) is 0 Å². The average molecular weight is 357 g/mol. The molecule has 134 valence electrons. The predicted octanol–water partition coefficient (Wildman–Crippen LogP) is 4.37. The van der Waals surface area contributed by atoms with E-state index in [-0.39, 0.29) is 5.91 Å². The minimum absolute atomic E-state index is 0.190. The van der Waals surface area contributed by atoms with Crippen LogP contribution in [0, 0.1) is 6.92 Å². The van der Waals surface area contributed by atoms with Crippen molar-refractivity contribution in [1.29, 1.82) is 0 Å². The molecule has 2 heterocycles. The number of aromatic nitrogens is 2. The summed E-state index contributed by atoms with van der Waals surface area (Å²) in [6, 6.07) is 21.4. The summed E-state index contributed by atoms with van der Waals surface area (Å²) in [4.78, 5) is 12.9. The summed E-state index contributed by atoms with van der Waals surface area (Å²) in [5, 5.41) is 7.60. The highest BCUT2D eigenvalue weighted by Crippen LogP contribution is 2.24. The second kappa shape index (κ2) is 7.33. The third-order valence-electron chi connectivity index (χ3n) is 4.27. The molecule has 0 unspecified atom stereocenters. The van der Waals surface area contributed by atoms with Crippen LogP contribution in [0.5, 0.6) is 0 Å². The Labute approximate surface area is 157 Å². The lowest BCUT2D eigenvalue weighted by atomic mass is 10.1. The van der Waals surface area contributed by atoms with E-state index in [0.717, 1.165) is 16.8 Å². The molecule has 0 bridgehead atoms. The molecule has 4 rings (SSSR count). The molecule has 0 saturated heterocycles. The Morgan fingerprint density at radius 2 is 1.93 bits per heavy atom. The third-order valence-corrected chi connectivity index (χ3v) is 4.27. The summed E-state index contributed by atoms with van der Waals surface area (Å²) in [6.07, 6.45) is 3.36. The van der Waals surface area contributed by atoms with Crippen LogP contribution < -0.4 is 5.32 Å². The Balaban J connectivity index is 1.71. The van der Waals surface area contributed by atoms with Gasteiger partial charge >= 0.3 is 0 Å². The molecule has 0 aliphatic rings. The first-order valence-electron chi connectivity index (χ1n) is 8.73. The van der Waals surface area contributed by atoms with Crippen LogP contribution in [-0.2, 0) is 6.54 Å². The largest absolute Gasteiger partial charge is 0.467 e. The van der Waals surface area contributed by atoms with Gasteiger partial charge in [0.2, 0.25) is 0 Å². The smallest absolute Gasteiger partial charge is 0.255 e. The van der Waals surface area contributed by atoms with Crippen molar-refractivity contribution in [3.63, 3.8) is 0 Å². The molecule has 2 aromatic heterocycles. The van der Waals surface area contributed by atoms with E-state index in [4.69, 9.17) is 9.52 Å². The maximum Gasteiger partial charge on any atom is 0.255 e. The maximum absolute atomic E-state index is 12.9. The zero-order chi connectivity index (χ0) is 18.6. The van der Waals surface area contributed by atoms with Gasteiger partial charge in [-0.1, -0.05) is 42.0 Å². The summed E-state index contributed by atoms with van der Waals surface area (Å²) in [5.74, 6) is 0.515. The summed E-state index contributed by atoms with van der Waals surface area (Å²) < 4.78 is 7.02. The Morgan fingerprint density at radius 1 is 1.07 bits per heavy atom. The van der Waals surface area contributed by atoms with Gasteiger partial charge < -0.3 is 9.73 Å². The number of carbonyl (C=O) groups excluding carboxylic acids is 1. The molecule has 0 saturated carbocycles. The number of carbonyl (C=O) groups is 1. The molecular formula is C22H19N3O2. The first-order valence-corrected chi connectivity index (χ1v) is 8.73. The number of hydrogen-bond donors (Lipinski definition) is 1. The highest BCUT2D eigenvalue weighted by atomic mass is 16.3. The van der Waals surface area contributed by atoms with Crippen molar-refractivity contribution in [2.75, 3.05) is 0 Å². The van der Waals surface area contributed by atoms with E-state index in [1.807, 2.05) is 67.6 Å². The molecule has 0 spiro atoms. The van der Waals surface area contributed by atoms with Crippen molar-refractivity contribution >= 4 is 5.91 Å². The highest BCUT2D eigenvalue weighted by molar-refractivity contribution is 5.99. The number of para-hydroxylation sites is 1. The molecule has 0 atom stereocenters. The minimum Gasteiger partial charge on any atom is -0.467 e. The zero-order valence-electron chi connectivity index (χ0n) is 14.9. The van der Waals surface area contributed by atoms with Gasteiger partial charge in [-0.05, 0) is 37.3 Å². The summed E-state index contributed by atoms with van der Waals surface area (Å²) in [5.41, 5.74) is 4.10. The number of furan rings is 1. The second-order valence-electron chi connectivity index (χ2n) is 6.30. The van der Waals surface area contributed by atoms with Crippen LogP contribution in [0.1, 0.15) is 21.7 Å². The molecule has 1 amide bonds. The van der Waals surface area contributed by atoms with E-state index in [1.165, 1.54) is 0 Å². The average Bonchev–Trinajstić information content (AvgIpc) is 3.37. The van der Waals surface area contributed by atoms with Crippen LogP contribution in [0.15, 0.2) is 83.6 Å². The fourth-order valence-corrected chi connectivity index (χ4v) is 2.93. The van der Waals surface area contributed by atoms with E-state index in [0.29, 0.717) is 23.6 Å². The molecule has 0 aliphatic heterocycles. The van der Waals surface area contributed by atoms with E-state index >= 15 is 0 Å². The molecule has 1 N–H and O–H groups in total. The van der Waals surface area contributed by atoms with E-state index in [1.54, 1.807) is 23.2 Å². The van der Waals surface area contributed by atoms with Gasteiger partial charge in [0.1, 0.15) is 11.5 Å². The SMILES string of the molecule is Cc1cccc(-c2nn(-c3ccccc3)cc2C(=O)NCc2ccco2)c1. The Bertz CT molecular complexity index is 1050. The molecular weight excluding hydrogens is 338 g/mol. The van der Waals surface area contributed by atoms with Crippen molar-refractivity contribution in [3.05, 3.63) is 96.1 Å². The monoisotopic (exact) mass is 357 g/mol. The van der Waals surface area contributed by atoms with Crippen molar-refractivity contribution in [2.45, 2.75) is 13.5 Å². The maximum atomic E-state index is 12.9. The highest BCUT2D eigenvalue weighted by Gasteiger charge is 2.19. The van der Waals surface area contributed by atoms with Crippen molar-refractivity contribution in [1.82, 2.24) is 15.1 Å². The van der Waals surface area contributed by atoms with Gasteiger partial charge in [-0.2, -0.15) is 5.10 Å². The van der Waals surface area contributed by atoms with Gasteiger partial charge in [0.25, 0.3) is 5.91 Å². The number of aryl methyl sites for hydroxylation is 1. The molecule has 0 radical (unpaired) electrons. The van der Waals surface area contributed by atoms with Crippen LogP contribution in [0.4, 0.5) is 0 Å². The molecule has 0 fully saturated rings. The number of benzene rings is 2. The summed E-state index contributed by atoms with van der Waals surface area (Å²) >= 11 is 0. The van der Waals surface area contributed by atoms with Gasteiger partial charge in [-0.25, -0.2) is 4.68 Å². The van der Waals surface area contributed by atoms with E-state index < -0.39 is 0 Å². The fraction of sp³-hybridized carbons (Fsp3) is 0.0909. The second-order valence-corrected chi connectivity index (χ2v) is 6.30. The van der Waals surface area contributed by atoms with Crippen molar-refractivity contribution in [3.8, 4) is 16.9 Å². The Hall–Kier alpha value is -3.60. The third kappa shape index (κ3) is 3.67. The fourth-order valence-electron chi connectivity index (χ4n) is 2.93. The number of amides is 1. The Morgan fingerprint density at radius 3 is 2.67 bits per heavy atom. The van der Waals surface area contributed by atoms with Crippen LogP contribution in [0.2, 0.25) is 0 Å². The number of nitrogens with one attached hydrogen (secondary N) is 1. The van der Waals surface area contributed by atoms with Gasteiger partial charge in [0.05, 0.1) is 24.1 Å². The molecule has 27 heavy (non-hydrogen) atoms. The Kier molecular flexibility index (Phi) is 4.58. The van der Waals surface area contributed by atoms with Crippen LogP contribution in [0.25, 0.3) is 16.9 Å². The lowest BCUT2D eigenvalue weighted by Gasteiger charge is -2.04. The van der Waals surface area contributed by atoms with Gasteiger partial charge in [-0.15, -0.1) is 0 Å². The molecule has 0 aliphatic carbocycles. The first kappa shape index (κ1) is 16.8. The van der Waals surface area contributed by atoms with E-state index in [9.17, 15) is 4.79 Å². The number of rotatable bonds is 5. The molecule has 4 aromatic rings. The lowest BCUT2D eigenvalue weighted by Crippen LogP contribution is -2.22. The van der Waals surface area contributed by atoms with Gasteiger partial charge in [-0.3, -0.25) is 4.79 Å². The quantitative estimate of drug-likeness (QED) is 0.577. The molecule has 5 heteroatoms. The first-order chi connectivity index (χ1) is 13.2. The standard InChI is InChI=1S/C22H19N3O2/c1-16-7-5-8-17(13-16)21-20(22(26)23-14-19-11-6-12-27-19)15-25(24-21)18-9-3-2-4-10-18/h2-13,15H,14H2,1H3,(H,23,26). The van der Waals surface area contributed by atoms with Gasteiger partial charge in [0, 0.05) is 11.8 Å².